The molecule has 102 valence electrons. The van der Waals surface area contributed by atoms with Crippen molar-refractivity contribution in [2.75, 3.05) is 13.7 Å². The van der Waals surface area contributed by atoms with Crippen LogP contribution in [0.3, 0.4) is 0 Å². The molecule has 4 heteroatoms. The normalized spacial score (nSPS) is 16.1. The Bertz CT molecular complexity index is 397. The third kappa shape index (κ3) is 3.00. The van der Waals surface area contributed by atoms with E-state index >= 15 is 0 Å². The minimum absolute atomic E-state index is 0.173. The molecule has 0 aliphatic carbocycles. The van der Waals surface area contributed by atoms with Crippen LogP contribution in [0.2, 0.25) is 0 Å². The second kappa shape index (κ2) is 6.16. The molecule has 2 atom stereocenters. The van der Waals surface area contributed by atoms with E-state index in [1.54, 1.807) is 19.1 Å². The number of hydrogen-bond acceptors (Lipinski definition) is 3. The average Bonchev–Trinajstić information content (AvgIpc) is 2.37. The lowest BCUT2D eigenvalue weighted by molar-refractivity contribution is 0.155. The number of nitrogens with one attached hydrogen (secondary N) is 1. The van der Waals surface area contributed by atoms with Crippen molar-refractivity contribution >= 4 is 0 Å². The lowest BCUT2D eigenvalue weighted by atomic mass is 9.90. The van der Waals surface area contributed by atoms with Crippen molar-refractivity contribution < 1.29 is 14.2 Å². The Morgan fingerprint density at radius 2 is 2.17 bits per heavy atom. The number of hydrogen-bond donors (Lipinski definition) is 2. The minimum Gasteiger partial charge on any atom is -0.496 e. The molecule has 0 amide bonds. The molecule has 1 rings (SSSR count). The third-order valence-corrected chi connectivity index (χ3v) is 3.24. The lowest BCUT2D eigenvalue weighted by Gasteiger charge is -2.33. The van der Waals surface area contributed by atoms with Crippen molar-refractivity contribution in [3.05, 3.63) is 29.6 Å². The van der Waals surface area contributed by atoms with Crippen LogP contribution in [0.1, 0.15) is 32.8 Å². The van der Waals surface area contributed by atoms with E-state index in [2.05, 4.69) is 5.32 Å². The first kappa shape index (κ1) is 14.9. The fourth-order valence-corrected chi connectivity index (χ4v) is 2.05. The highest BCUT2D eigenvalue weighted by Crippen LogP contribution is 2.32. The van der Waals surface area contributed by atoms with E-state index in [1.165, 1.54) is 13.2 Å². The maximum Gasteiger partial charge on any atom is 0.132 e. The van der Waals surface area contributed by atoms with E-state index in [1.807, 2.05) is 13.8 Å². The molecule has 18 heavy (non-hydrogen) atoms. The third-order valence-electron chi connectivity index (χ3n) is 3.24. The van der Waals surface area contributed by atoms with Gasteiger partial charge in [-0.25, -0.2) is 4.39 Å². The Morgan fingerprint density at radius 1 is 1.50 bits per heavy atom. The highest BCUT2D eigenvalue weighted by molar-refractivity contribution is 5.40. The fraction of sp³-hybridized carbons (Fsp3) is 0.571. The van der Waals surface area contributed by atoms with Gasteiger partial charge in [0.25, 0.3) is 0 Å². The first-order valence-corrected chi connectivity index (χ1v) is 6.20. The molecule has 2 N–H and O–H groups in total. The van der Waals surface area contributed by atoms with Gasteiger partial charge in [0.2, 0.25) is 0 Å². The van der Waals surface area contributed by atoms with Crippen molar-refractivity contribution in [2.24, 2.45) is 0 Å². The maximum atomic E-state index is 14.0. The van der Waals surface area contributed by atoms with Crippen LogP contribution in [0.25, 0.3) is 0 Å². The van der Waals surface area contributed by atoms with Crippen LogP contribution in [0.4, 0.5) is 4.39 Å². The van der Waals surface area contributed by atoms with Gasteiger partial charge in [0.1, 0.15) is 11.6 Å². The van der Waals surface area contributed by atoms with Crippen molar-refractivity contribution in [1.29, 1.82) is 0 Å². The van der Waals surface area contributed by atoms with E-state index in [0.717, 1.165) is 6.42 Å². The monoisotopic (exact) mass is 255 g/mol. The molecular formula is C14H22FNO2. The van der Waals surface area contributed by atoms with E-state index in [0.29, 0.717) is 11.3 Å². The summed E-state index contributed by atoms with van der Waals surface area (Å²) in [6, 6.07) is 4.85. The summed E-state index contributed by atoms with van der Waals surface area (Å²) in [6.07, 6.45) is 0.895. The molecule has 1 aromatic rings. The molecular weight excluding hydrogens is 233 g/mol. The van der Waals surface area contributed by atoms with Crippen molar-refractivity contribution in [3.8, 4) is 5.75 Å². The molecule has 2 unspecified atom stereocenters. The highest BCUT2D eigenvalue weighted by Gasteiger charge is 2.33. The van der Waals surface area contributed by atoms with Gasteiger partial charge in [-0.3, -0.25) is 0 Å². The van der Waals surface area contributed by atoms with Gasteiger partial charge in [-0.1, -0.05) is 13.0 Å². The average molecular weight is 255 g/mol. The predicted molar refractivity (Wildman–Crippen MR) is 70.3 cm³/mol. The standard InChI is InChI=1S/C14H22FNO2/c1-5-10(2)16-14(3,9-17)13-11(15)7-6-8-12(13)18-4/h6-8,10,16-17H,5,9H2,1-4H3. The number of halogens is 1. The van der Waals surface area contributed by atoms with E-state index in [-0.39, 0.29) is 18.5 Å². The summed E-state index contributed by atoms with van der Waals surface area (Å²) in [4.78, 5) is 0. The second-order valence-corrected chi connectivity index (χ2v) is 4.76. The molecule has 0 aliphatic heterocycles. The van der Waals surface area contributed by atoms with Crippen LogP contribution < -0.4 is 10.1 Å². The summed E-state index contributed by atoms with van der Waals surface area (Å²) in [5.41, 5.74) is -0.484. The molecule has 0 saturated heterocycles. The van der Waals surface area contributed by atoms with Gasteiger partial charge in [-0.15, -0.1) is 0 Å². The Morgan fingerprint density at radius 3 is 2.67 bits per heavy atom. The number of benzene rings is 1. The molecule has 0 bridgehead atoms. The molecule has 1 aromatic carbocycles. The quantitative estimate of drug-likeness (QED) is 0.820. The Labute approximate surface area is 108 Å². The smallest absolute Gasteiger partial charge is 0.132 e. The van der Waals surface area contributed by atoms with Crippen molar-refractivity contribution in [1.82, 2.24) is 5.32 Å². The number of aliphatic hydroxyl groups is 1. The number of rotatable bonds is 6. The van der Waals surface area contributed by atoms with Gasteiger partial charge in [-0.2, -0.15) is 0 Å². The minimum atomic E-state index is -0.855. The van der Waals surface area contributed by atoms with Gasteiger partial charge in [-0.05, 0) is 32.4 Å². The first-order valence-electron chi connectivity index (χ1n) is 6.20. The summed E-state index contributed by atoms with van der Waals surface area (Å²) in [7, 11) is 1.50. The van der Waals surface area contributed by atoms with Crippen LogP contribution in [0.5, 0.6) is 5.75 Å². The largest absolute Gasteiger partial charge is 0.496 e. The molecule has 0 heterocycles. The van der Waals surface area contributed by atoms with Crippen molar-refractivity contribution in [3.63, 3.8) is 0 Å². The maximum absolute atomic E-state index is 14.0. The zero-order chi connectivity index (χ0) is 13.8. The lowest BCUT2D eigenvalue weighted by Crippen LogP contribution is -2.48. The highest BCUT2D eigenvalue weighted by atomic mass is 19.1. The van der Waals surface area contributed by atoms with E-state index in [9.17, 15) is 9.50 Å². The molecule has 0 saturated carbocycles. The molecule has 0 spiro atoms. The Kier molecular flexibility index (Phi) is 5.11. The number of aliphatic hydroxyl groups excluding tert-OH is 1. The predicted octanol–water partition coefficient (Wildman–Crippen LogP) is 2.43. The first-order chi connectivity index (χ1) is 8.48. The SMILES string of the molecule is CCC(C)NC(C)(CO)c1c(F)cccc1OC. The van der Waals surface area contributed by atoms with Crippen LogP contribution >= 0.6 is 0 Å². The van der Waals surface area contributed by atoms with E-state index in [4.69, 9.17) is 4.74 Å². The number of ether oxygens (including phenoxy) is 1. The second-order valence-electron chi connectivity index (χ2n) is 4.76. The van der Waals surface area contributed by atoms with Gasteiger partial charge in [0, 0.05) is 6.04 Å². The van der Waals surface area contributed by atoms with E-state index < -0.39 is 5.54 Å². The summed E-state index contributed by atoms with van der Waals surface area (Å²) in [5.74, 6) is 0.0732. The van der Waals surface area contributed by atoms with Crippen LogP contribution in [0.15, 0.2) is 18.2 Å². The van der Waals surface area contributed by atoms with Gasteiger partial charge in [0.15, 0.2) is 0 Å². The summed E-state index contributed by atoms with van der Waals surface area (Å²) in [5, 5.41) is 12.9. The van der Waals surface area contributed by atoms with Crippen molar-refractivity contribution in [2.45, 2.75) is 38.8 Å². The number of methoxy groups -OCH3 is 1. The summed E-state index contributed by atoms with van der Waals surface area (Å²) in [6.45, 7) is 5.62. The fourth-order valence-electron chi connectivity index (χ4n) is 2.05. The Hall–Kier alpha value is -1.13. The van der Waals surface area contributed by atoms with Gasteiger partial charge < -0.3 is 15.2 Å². The topological polar surface area (TPSA) is 41.5 Å². The van der Waals surface area contributed by atoms with Gasteiger partial charge >= 0.3 is 0 Å². The van der Waals surface area contributed by atoms with Crippen LogP contribution in [-0.4, -0.2) is 24.9 Å². The zero-order valence-electron chi connectivity index (χ0n) is 11.5. The van der Waals surface area contributed by atoms with Crippen LogP contribution in [-0.2, 0) is 5.54 Å². The molecule has 0 fully saturated rings. The molecule has 3 nitrogen and oxygen atoms in total. The summed E-state index contributed by atoms with van der Waals surface area (Å²) < 4.78 is 19.2. The molecule has 0 radical (unpaired) electrons. The zero-order valence-corrected chi connectivity index (χ0v) is 11.5. The molecule has 0 aromatic heterocycles. The van der Waals surface area contributed by atoms with Crippen LogP contribution in [0, 0.1) is 5.82 Å². The Balaban J connectivity index is 3.22. The molecule has 0 aliphatic rings. The summed E-state index contributed by atoms with van der Waals surface area (Å²) >= 11 is 0. The van der Waals surface area contributed by atoms with Gasteiger partial charge in [0.05, 0.1) is 24.8 Å².